The molecular weight excluding hydrogens is 218 g/mol. The van der Waals surface area contributed by atoms with Crippen molar-refractivity contribution in [3.8, 4) is 0 Å². The molecule has 0 aliphatic carbocycles. The van der Waals surface area contributed by atoms with Crippen LogP contribution in [0.25, 0.3) is 5.57 Å². The zero-order chi connectivity index (χ0) is 11.6. The van der Waals surface area contributed by atoms with Gasteiger partial charge in [0, 0.05) is 0 Å². The van der Waals surface area contributed by atoms with Crippen molar-refractivity contribution in [2.24, 2.45) is 0 Å². The first-order valence-corrected chi connectivity index (χ1v) is 4.86. The van der Waals surface area contributed by atoms with E-state index in [1.165, 1.54) is 0 Å². The van der Waals surface area contributed by atoms with Crippen LogP contribution in [0.15, 0.2) is 6.08 Å². The average Bonchev–Trinajstić information content (AvgIpc) is 2.60. The van der Waals surface area contributed by atoms with Gasteiger partial charge in [0.25, 0.3) is 0 Å². The molecule has 1 aromatic rings. The lowest BCUT2D eigenvalue weighted by molar-refractivity contribution is 0.0656. The molecule has 1 heterocycles. The summed E-state index contributed by atoms with van der Waals surface area (Å²) in [6, 6.07) is 0. The molecule has 6 heteroatoms. The van der Waals surface area contributed by atoms with E-state index in [0.717, 1.165) is 0 Å². The largest absolute Gasteiger partial charge is 0.478 e. The first-order chi connectivity index (χ1) is 6.99. The van der Waals surface area contributed by atoms with Gasteiger partial charge in [0.15, 0.2) is 0 Å². The first-order valence-electron chi connectivity index (χ1n) is 4.08. The molecule has 0 bridgehead atoms. The molecule has 1 rings (SSSR count). The van der Waals surface area contributed by atoms with Crippen LogP contribution in [0.1, 0.15) is 39.6 Å². The summed E-state index contributed by atoms with van der Waals surface area (Å²) in [7, 11) is 0. The van der Waals surface area contributed by atoms with Gasteiger partial charge in [-0.1, -0.05) is 6.08 Å². The third-order valence-corrected chi connectivity index (χ3v) is 2.74. The minimum absolute atomic E-state index is 0.229. The summed E-state index contributed by atoms with van der Waals surface area (Å²) in [6.45, 7) is 3.42. The van der Waals surface area contributed by atoms with Crippen molar-refractivity contribution in [1.82, 2.24) is 4.37 Å². The predicted molar refractivity (Wildman–Crippen MR) is 55.4 cm³/mol. The first kappa shape index (κ1) is 11.4. The number of carbonyl (C=O) groups is 2. The molecule has 0 saturated carbocycles. The summed E-state index contributed by atoms with van der Waals surface area (Å²) in [5.74, 6) is -2.53. The van der Waals surface area contributed by atoms with Crippen molar-refractivity contribution in [2.45, 2.75) is 13.8 Å². The highest BCUT2D eigenvalue weighted by molar-refractivity contribution is 7.08. The maximum absolute atomic E-state index is 10.9. The van der Waals surface area contributed by atoms with Crippen LogP contribution in [0.3, 0.4) is 0 Å². The second-order valence-corrected chi connectivity index (χ2v) is 3.59. The van der Waals surface area contributed by atoms with Crippen LogP contribution >= 0.6 is 11.5 Å². The Kier molecular flexibility index (Phi) is 3.21. The number of carboxylic acid groups (broad SMARTS) is 2. The summed E-state index contributed by atoms with van der Waals surface area (Å²) in [4.78, 5) is 21.4. The Bertz CT molecular complexity index is 447. The number of hydrogen-bond donors (Lipinski definition) is 2. The summed E-state index contributed by atoms with van der Waals surface area (Å²) in [6.07, 6.45) is 1.69. The monoisotopic (exact) mass is 227 g/mol. The van der Waals surface area contributed by atoms with Gasteiger partial charge < -0.3 is 10.2 Å². The highest BCUT2D eigenvalue weighted by Gasteiger charge is 2.24. The Morgan fingerprint density at radius 3 is 2.33 bits per heavy atom. The van der Waals surface area contributed by atoms with Gasteiger partial charge in [0.1, 0.15) is 10.4 Å². The van der Waals surface area contributed by atoms with Gasteiger partial charge in [0.2, 0.25) is 0 Å². The van der Waals surface area contributed by atoms with E-state index < -0.39 is 11.9 Å². The normalized spacial score (nSPS) is 11.5. The summed E-state index contributed by atoms with van der Waals surface area (Å²) in [5, 5.41) is 17.7. The van der Waals surface area contributed by atoms with Gasteiger partial charge in [-0.15, -0.1) is 0 Å². The molecule has 0 aliphatic rings. The van der Waals surface area contributed by atoms with Gasteiger partial charge in [-0.2, -0.15) is 4.37 Å². The Morgan fingerprint density at radius 2 is 1.93 bits per heavy atom. The van der Waals surface area contributed by atoms with Crippen LogP contribution in [0, 0.1) is 0 Å². The molecule has 2 N–H and O–H groups in total. The molecule has 0 spiro atoms. The Hall–Kier alpha value is -1.69. The molecule has 0 radical (unpaired) electrons. The van der Waals surface area contributed by atoms with Gasteiger partial charge >= 0.3 is 11.9 Å². The van der Waals surface area contributed by atoms with Gasteiger partial charge in [-0.25, -0.2) is 9.59 Å². The van der Waals surface area contributed by atoms with Gasteiger partial charge in [-0.05, 0) is 31.0 Å². The zero-order valence-electron chi connectivity index (χ0n) is 8.14. The average molecular weight is 227 g/mol. The molecule has 15 heavy (non-hydrogen) atoms. The van der Waals surface area contributed by atoms with Gasteiger partial charge in [0.05, 0.1) is 5.69 Å². The van der Waals surface area contributed by atoms with Crippen LogP contribution < -0.4 is 0 Å². The summed E-state index contributed by atoms with van der Waals surface area (Å²) < 4.78 is 3.84. The third kappa shape index (κ3) is 2.04. The molecule has 5 nitrogen and oxygen atoms in total. The second kappa shape index (κ2) is 4.22. The number of nitrogens with zero attached hydrogens (tertiary/aromatic N) is 1. The van der Waals surface area contributed by atoms with Crippen LogP contribution in [0.2, 0.25) is 0 Å². The number of rotatable bonds is 3. The van der Waals surface area contributed by atoms with Crippen molar-refractivity contribution in [2.75, 3.05) is 0 Å². The van der Waals surface area contributed by atoms with Crippen LogP contribution in [-0.2, 0) is 0 Å². The highest BCUT2D eigenvalue weighted by atomic mass is 32.1. The van der Waals surface area contributed by atoms with Crippen LogP contribution in [0.4, 0.5) is 0 Å². The van der Waals surface area contributed by atoms with Crippen LogP contribution in [-0.4, -0.2) is 26.5 Å². The topological polar surface area (TPSA) is 87.5 Å². The smallest absolute Gasteiger partial charge is 0.348 e. The quantitative estimate of drug-likeness (QED) is 0.824. The maximum atomic E-state index is 10.9. The number of hydrogen-bond acceptors (Lipinski definition) is 4. The standard InChI is InChI=1S/C9H9NO4S/c1-3-4(2)6-5(8(11)12)7(9(13)14)15-10-6/h3H,1-2H3,(H,11,12)(H,13,14)/b4-3+. The van der Waals surface area contributed by atoms with Crippen molar-refractivity contribution in [3.63, 3.8) is 0 Å². The van der Waals surface area contributed by atoms with Crippen molar-refractivity contribution in [3.05, 3.63) is 22.2 Å². The van der Waals surface area contributed by atoms with E-state index in [-0.39, 0.29) is 16.1 Å². The fraction of sp³-hybridized carbons (Fsp3) is 0.222. The minimum Gasteiger partial charge on any atom is -0.478 e. The summed E-state index contributed by atoms with van der Waals surface area (Å²) >= 11 is 0.685. The van der Waals surface area contributed by atoms with E-state index in [1.54, 1.807) is 19.9 Å². The minimum atomic E-state index is -1.27. The summed E-state index contributed by atoms with van der Waals surface area (Å²) in [5.41, 5.74) is 0.645. The number of allylic oxidation sites excluding steroid dienone is 2. The van der Waals surface area contributed by atoms with E-state index >= 15 is 0 Å². The Balaban J connectivity index is 3.43. The SMILES string of the molecule is C/C=C(\C)c1nsc(C(=O)O)c1C(=O)O. The number of aromatic carboxylic acids is 2. The van der Waals surface area contributed by atoms with E-state index in [9.17, 15) is 9.59 Å². The molecule has 0 fully saturated rings. The van der Waals surface area contributed by atoms with Crippen molar-refractivity contribution >= 4 is 29.0 Å². The maximum Gasteiger partial charge on any atom is 0.348 e. The molecule has 1 aromatic heterocycles. The molecule has 0 aliphatic heterocycles. The molecule has 80 valence electrons. The van der Waals surface area contributed by atoms with E-state index in [2.05, 4.69) is 4.37 Å². The molecule has 0 saturated heterocycles. The fourth-order valence-electron chi connectivity index (χ4n) is 1.04. The van der Waals surface area contributed by atoms with Crippen molar-refractivity contribution in [1.29, 1.82) is 0 Å². The van der Waals surface area contributed by atoms with E-state index in [0.29, 0.717) is 17.1 Å². The molecule has 0 amide bonds. The number of aromatic nitrogens is 1. The Morgan fingerprint density at radius 1 is 1.33 bits per heavy atom. The second-order valence-electron chi connectivity index (χ2n) is 2.82. The zero-order valence-corrected chi connectivity index (χ0v) is 8.96. The Labute approximate surface area is 89.8 Å². The lowest BCUT2D eigenvalue weighted by atomic mass is 10.1. The van der Waals surface area contributed by atoms with Gasteiger partial charge in [-0.3, -0.25) is 0 Å². The molecule has 0 atom stereocenters. The molecule has 0 aromatic carbocycles. The third-order valence-electron chi connectivity index (χ3n) is 1.91. The fourth-order valence-corrected chi connectivity index (χ4v) is 1.81. The molecular formula is C9H9NO4S. The molecule has 0 unspecified atom stereocenters. The lowest BCUT2D eigenvalue weighted by Gasteiger charge is -1.98. The highest BCUT2D eigenvalue weighted by Crippen LogP contribution is 2.24. The predicted octanol–water partition coefficient (Wildman–Crippen LogP) is 1.96. The van der Waals surface area contributed by atoms with Crippen LogP contribution in [0.5, 0.6) is 0 Å². The van der Waals surface area contributed by atoms with Crippen molar-refractivity contribution < 1.29 is 19.8 Å². The number of carboxylic acids is 2. The lowest BCUT2D eigenvalue weighted by Crippen LogP contribution is -2.06. The van der Waals surface area contributed by atoms with E-state index in [1.807, 2.05) is 0 Å². The van der Waals surface area contributed by atoms with E-state index in [4.69, 9.17) is 10.2 Å².